The molecule has 0 bridgehead atoms. The maximum absolute atomic E-state index is 11.9. The topological polar surface area (TPSA) is 72.9 Å². The molecule has 0 aromatic rings. The number of nitrogens with zero attached hydrogens (tertiary/aromatic N) is 2. The number of rotatable bonds is 8. The van der Waals surface area contributed by atoms with Crippen molar-refractivity contribution in [3.05, 3.63) is 0 Å². The van der Waals surface area contributed by atoms with Crippen LogP contribution in [0.3, 0.4) is 0 Å². The van der Waals surface area contributed by atoms with Gasteiger partial charge in [0.05, 0.1) is 0 Å². The highest BCUT2D eigenvalue weighted by molar-refractivity contribution is 5.82. The van der Waals surface area contributed by atoms with Crippen LogP contribution < -0.4 is 5.32 Å². The Morgan fingerprint density at radius 2 is 1.79 bits per heavy atom. The summed E-state index contributed by atoms with van der Waals surface area (Å²) in [4.78, 5) is 26.6. The molecule has 0 aliphatic rings. The highest BCUT2D eigenvalue weighted by Gasteiger charge is 2.26. The van der Waals surface area contributed by atoms with Crippen molar-refractivity contribution in [3.63, 3.8) is 0 Å². The lowest BCUT2D eigenvalue weighted by atomic mass is 9.99. The molecule has 0 spiro atoms. The van der Waals surface area contributed by atoms with Crippen molar-refractivity contribution in [1.29, 1.82) is 0 Å². The minimum absolute atomic E-state index is 0.0865. The molecule has 6 heteroatoms. The Hall–Kier alpha value is -1.30. The molecule has 0 fully saturated rings. The molecule has 112 valence electrons. The van der Waals surface area contributed by atoms with Gasteiger partial charge in [0.15, 0.2) is 0 Å². The highest BCUT2D eigenvalue weighted by Crippen LogP contribution is 2.08. The van der Waals surface area contributed by atoms with E-state index in [9.17, 15) is 9.59 Å². The van der Waals surface area contributed by atoms with Gasteiger partial charge in [-0.15, -0.1) is 0 Å². The predicted octanol–water partition coefficient (Wildman–Crippen LogP) is 1.08. The van der Waals surface area contributed by atoms with Crippen LogP contribution >= 0.6 is 0 Å². The second kappa shape index (κ2) is 8.74. The molecule has 0 saturated carbocycles. The van der Waals surface area contributed by atoms with Gasteiger partial charge < -0.3 is 20.2 Å². The van der Waals surface area contributed by atoms with Crippen molar-refractivity contribution in [2.45, 2.75) is 32.7 Å². The standard InChI is InChI=1S/C13H27N3O3/c1-6-10(2)11(12(17)18)14-13(19)16(5)9-7-8-15(3)4/h10-11H,6-9H2,1-5H3,(H,14,19)(H,17,18)/t10-,11-/m0/s1. The minimum atomic E-state index is -0.982. The molecule has 6 nitrogen and oxygen atoms in total. The number of nitrogens with one attached hydrogen (secondary N) is 1. The van der Waals surface area contributed by atoms with E-state index in [0.29, 0.717) is 13.0 Å². The number of carboxylic acids is 1. The largest absolute Gasteiger partial charge is 0.480 e. The summed E-state index contributed by atoms with van der Waals surface area (Å²) in [5, 5.41) is 11.7. The summed E-state index contributed by atoms with van der Waals surface area (Å²) in [5.41, 5.74) is 0. The van der Waals surface area contributed by atoms with E-state index in [0.717, 1.165) is 13.0 Å². The number of carboxylic acid groups (broad SMARTS) is 1. The Bertz CT molecular complexity index is 295. The third-order valence-corrected chi connectivity index (χ3v) is 3.20. The fourth-order valence-electron chi connectivity index (χ4n) is 1.65. The molecule has 2 N–H and O–H groups in total. The van der Waals surface area contributed by atoms with Crippen molar-refractivity contribution in [1.82, 2.24) is 15.1 Å². The Morgan fingerprint density at radius 1 is 1.21 bits per heavy atom. The van der Waals surface area contributed by atoms with E-state index in [-0.39, 0.29) is 11.9 Å². The van der Waals surface area contributed by atoms with Crippen LogP contribution in [0.15, 0.2) is 0 Å². The van der Waals surface area contributed by atoms with Crippen LogP contribution in [-0.2, 0) is 4.79 Å². The van der Waals surface area contributed by atoms with Gasteiger partial charge in [0, 0.05) is 13.6 Å². The first-order valence-corrected chi connectivity index (χ1v) is 6.68. The lowest BCUT2D eigenvalue weighted by Crippen LogP contribution is -2.49. The van der Waals surface area contributed by atoms with E-state index in [1.807, 2.05) is 32.8 Å². The third-order valence-electron chi connectivity index (χ3n) is 3.20. The molecule has 0 unspecified atom stereocenters. The number of carbonyl (C=O) groups excluding carboxylic acids is 1. The molecule has 0 rings (SSSR count). The zero-order chi connectivity index (χ0) is 15.0. The zero-order valence-corrected chi connectivity index (χ0v) is 12.6. The maximum atomic E-state index is 11.9. The number of amides is 2. The third kappa shape index (κ3) is 7.00. The van der Waals surface area contributed by atoms with Gasteiger partial charge in [-0.3, -0.25) is 0 Å². The molecule has 0 aromatic heterocycles. The molecule has 0 heterocycles. The second-order valence-electron chi connectivity index (χ2n) is 5.23. The van der Waals surface area contributed by atoms with Crippen LogP contribution in [0.1, 0.15) is 26.7 Å². The number of carbonyl (C=O) groups is 2. The quantitative estimate of drug-likeness (QED) is 0.694. The Balaban J connectivity index is 4.28. The van der Waals surface area contributed by atoms with Gasteiger partial charge in [-0.05, 0) is 33.0 Å². The van der Waals surface area contributed by atoms with Gasteiger partial charge in [-0.1, -0.05) is 20.3 Å². The van der Waals surface area contributed by atoms with Gasteiger partial charge in [0.25, 0.3) is 0 Å². The summed E-state index contributed by atoms with van der Waals surface area (Å²) in [5.74, 6) is -1.07. The van der Waals surface area contributed by atoms with E-state index < -0.39 is 12.0 Å². The summed E-state index contributed by atoms with van der Waals surface area (Å²) in [6.07, 6.45) is 1.57. The molecular formula is C13H27N3O3. The Labute approximate surface area is 115 Å². The summed E-state index contributed by atoms with van der Waals surface area (Å²) < 4.78 is 0. The summed E-state index contributed by atoms with van der Waals surface area (Å²) in [6.45, 7) is 5.24. The first-order valence-electron chi connectivity index (χ1n) is 6.68. The van der Waals surface area contributed by atoms with Crippen LogP contribution in [0.4, 0.5) is 4.79 Å². The van der Waals surface area contributed by atoms with E-state index in [1.165, 1.54) is 4.90 Å². The molecule has 2 atom stereocenters. The summed E-state index contributed by atoms with van der Waals surface area (Å²) >= 11 is 0. The molecular weight excluding hydrogens is 246 g/mol. The minimum Gasteiger partial charge on any atom is -0.480 e. The van der Waals surface area contributed by atoms with Crippen molar-refractivity contribution < 1.29 is 14.7 Å². The summed E-state index contributed by atoms with van der Waals surface area (Å²) in [7, 11) is 5.63. The van der Waals surface area contributed by atoms with Gasteiger partial charge in [0.2, 0.25) is 0 Å². The smallest absolute Gasteiger partial charge is 0.326 e. The number of hydrogen-bond acceptors (Lipinski definition) is 3. The highest BCUT2D eigenvalue weighted by atomic mass is 16.4. The Morgan fingerprint density at radius 3 is 2.21 bits per heavy atom. The second-order valence-corrected chi connectivity index (χ2v) is 5.23. The van der Waals surface area contributed by atoms with Crippen molar-refractivity contribution in [3.8, 4) is 0 Å². The molecule has 19 heavy (non-hydrogen) atoms. The first kappa shape index (κ1) is 17.7. The lowest BCUT2D eigenvalue weighted by molar-refractivity contribution is -0.140. The molecule has 0 aliphatic carbocycles. The fraction of sp³-hybridized carbons (Fsp3) is 0.846. The van der Waals surface area contributed by atoms with Crippen molar-refractivity contribution in [2.24, 2.45) is 5.92 Å². The van der Waals surface area contributed by atoms with Gasteiger partial charge in [-0.25, -0.2) is 9.59 Å². The van der Waals surface area contributed by atoms with Crippen LogP contribution in [-0.4, -0.2) is 67.2 Å². The van der Waals surface area contributed by atoms with E-state index in [2.05, 4.69) is 5.32 Å². The number of urea groups is 1. The molecule has 0 radical (unpaired) electrons. The van der Waals surface area contributed by atoms with Gasteiger partial charge >= 0.3 is 12.0 Å². The Kier molecular flexibility index (Phi) is 8.14. The molecule has 0 aromatic carbocycles. The fourth-order valence-corrected chi connectivity index (χ4v) is 1.65. The lowest BCUT2D eigenvalue weighted by Gasteiger charge is -2.24. The summed E-state index contributed by atoms with van der Waals surface area (Å²) in [6, 6.07) is -1.15. The van der Waals surface area contributed by atoms with E-state index in [4.69, 9.17) is 5.11 Å². The average molecular weight is 273 g/mol. The maximum Gasteiger partial charge on any atom is 0.326 e. The number of aliphatic carboxylic acids is 1. The predicted molar refractivity (Wildman–Crippen MR) is 75.2 cm³/mol. The number of hydrogen-bond donors (Lipinski definition) is 2. The van der Waals surface area contributed by atoms with E-state index in [1.54, 1.807) is 7.05 Å². The van der Waals surface area contributed by atoms with Gasteiger partial charge in [0.1, 0.15) is 6.04 Å². The molecule has 0 aliphatic heterocycles. The van der Waals surface area contributed by atoms with Crippen LogP contribution in [0.5, 0.6) is 0 Å². The normalized spacial score (nSPS) is 14.0. The van der Waals surface area contributed by atoms with Crippen LogP contribution in [0, 0.1) is 5.92 Å². The van der Waals surface area contributed by atoms with Crippen molar-refractivity contribution in [2.75, 3.05) is 34.2 Å². The monoisotopic (exact) mass is 273 g/mol. The average Bonchev–Trinajstić information content (AvgIpc) is 2.33. The SMILES string of the molecule is CC[C@H](C)[C@H](NC(=O)N(C)CCCN(C)C)C(=O)O. The molecule has 0 saturated heterocycles. The van der Waals surface area contributed by atoms with Crippen LogP contribution in [0.25, 0.3) is 0 Å². The van der Waals surface area contributed by atoms with E-state index >= 15 is 0 Å². The van der Waals surface area contributed by atoms with Crippen molar-refractivity contribution >= 4 is 12.0 Å². The molecule has 2 amide bonds. The van der Waals surface area contributed by atoms with Gasteiger partial charge in [-0.2, -0.15) is 0 Å². The van der Waals surface area contributed by atoms with Crippen LogP contribution in [0.2, 0.25) is 0 Å². The first-order chi connectivity index (χ1) is 8.79. The zero-order valence-electron chi connectivity index (χ0n) is 12.6.